The van der Waals surface area contributed by atoms with Crippen LogP contribution >= 0.6 is 0 Å². The van der Waals surface area contributed by atoms with Crippen molar-refractivity contribution in [3.63, 3.8) is 0 Å². The van der Waals surface area contributed by atoms with Crippen LogP contribution in [0.25, 0.3) is 0 Å². The molecule has 0 radical (unpaired) electrons. The zero-order valence-electron chi connectivity index (χ0n) is 14.3. The predicted octanol–water partition coefficient (Wildman–Crippen LogP) is 2.91. The molecule has 1 saturated carbocycles. The maximum absolute atomic E-state index is 12.8. The van der Waals surface area contributed by atoms with Gasteiger partial charge in [0.2, 0.25) is 5.95 Å². The molecule has 2 aromatic heterocycles. The Bertz CT molecular complexity index is 757. The summed E-state index contributed by atoms with van der Waals surface area (Å²) in [5.74, 6) is 1.88. The molecule has 2 aromatic rings. The van der Waals surface area contributed by atoms with Crippen molar-refractivity contribution in [3.05, 3.63) is 23.3 Å². The van der Waals surface area contributed by atoms with Gasteiger partial charge in [-0.3, -0.25) is 19.4 Å². The molecule has 4 rings (SSSR count). The second-order valence-corrected chi connectivity index (χ2v) is 6.92. The topological polar surface area (TPSA) is 77.6 Å². The third-order valence-electron chi connectivity index (χ3n) is 5.14. The Morgan fingerprint density at radius 2 is 2.21 bits per heavy atom. The molecule has 0 saturated heterocycles. The number of hydrogen-bond acceptors (Lipinski definition) is 4. The number of nitrogens with zero attached hydrogens (tertiary/aromatic N) is 5. The van der Waals surface area contributed by atoms with E-state index in [4.69, 9.17) is 0 Å². The molecule has 0 spiro atoms. The van der Waals surface area contributed by atoms with Crippen LogP contribution in [0.3, 0.4) is 0 Å². The van der Waals surface area contributed by atoms with Gasteiger partial charge in [0.15, 0.2) is 0 Å². The fourth-order valence-corrected chi connectivity index (χ4v) is 3.40. The third kappa shape index (κ3) is 2.61. The molecule has 1 aliphatic carbocycles. The number of nitrogens with one attached hydrogen (secondary N) is 1. The molecule has 1 unspecified atom stereocenters. The van der Waals surface area contributed by atoms with Gasteiger partial charge in [-0.25, -0.2) is 0 Å². The molecule has 0 aromatic carbocycles. The minimum Gasteiger partial charge on any atom is -0.297 e. The third-order valence-corrected chi connectivity index (χ3v) is 5.14. The zero-order chi connectivity index (χ0) is 16.7. The molecule has 1 amide bonds. The highest BCUT2D eigenvalue weighted by Gasteiger charge is 2.33. The first-order valence-corrected chi connectivity index (χ1v) is 8.99. The molecule has 1 atom stereocenters. The minimum absolute atomic E-state index is 0.118. The van der Waals surface area contributed by atoms with Gasteiger partial charge < -0.3 is 0 Å². The predicted molar refractivity (Wildman–Crippen MR) is 90.1 cm³/mol. The van der Waals surface area contributed by atoms with Gasteiger partial charge in [0.05, 0.1) is 17.5 Å². The van der Waals surface area contributed by atoms with Crippen molar-refractivity contribution in [2.75, 3.05) is 5.32 Å². The molecule has 0 bridgehead atoms. The van der Waals surface area contributed by atoms with E-state index in [0.29, 0.717) is 23.5 Å². The molecule has 1 aliphatic heterocycles. The summed E-state index contributed by atoms with van der Waals surface area (Å²) in [4.78, 5) is 12.8. The number of hydrogen-bond donors (Lipinski definition) is 1. The van der Waals surface area contributed by atoms with Crippen molar-refractivity contribution in [1.29, 1.82) is 0 Å². The van der Waals surface area contributed by atoms with E-state index in [-0.39, 0.29) is 5.91 Å². The lowest BCUT2D eigenvalue weighted by atomic mass is 10.1. The van der Waals surface area contributed by atoms with Gasteiger partial charge in [0.1, 0.15) is 5.82 Å². The van der Waals surface area contributed by atoms with Gasteiger partial charge in [0, 0.05) is 24.9 Å². The molecule has 24 heavy (non-hydrogen) atoms. The number of amides is 1. The van der Waals surface area contributed by atoms with Crippen LogP contribution in [0.4, 0.5) is 5.95 Å². The molecule has 3 heterocycles. The van der Waals surface area contributed by atoms with Crippen LogP contribution < -0.4 is 5.32 Å². The summed E-state index contributed by atoms with van der Waals surface area (Å²) in [5.41, 5.74) is 1.77. The lowest BCUT2D eigenvalue weighted by Gasteiger charge is -2.16. The first-order chi connectivity index (χ1) is 11.7. The standard InChI is InChI=1S/C17H24N6O/c1-3-11(2)23-15(12-7-8-12)13(10-18-23)16(24)19-17-21-20-14-6-4-5-9-22(14)17/h10-12H,3-9H2,1-2H3,(H,19,21,24). The Kier molecular flexibility index (Phi) is 3.86. The van der Waals surface area contributed by atoms with Gasteiger partial charge in [-0.2, -0.15) is 5.10 Å². The molecular weight excluding hydrogens is 304 g/mol. The van der Waals surface area contributed by atoms with Crippen molar-refractivity contribution in [2.24, 2.45) is 0 Å². The lowest BCUT2D eigenvalue weighted by Crippen LogP contribution is -2.20. The van der Waals surface area contributed by atoms with Crippen molar-refractivity contribution in [3.8, 4) is 0 Å². The van der Waals surface area contributed by atoms with E-state index in [1.807, 2.05) is 9.25 Å². The Balaban J connectivity index is 1.61. The van der Waals surface area contributed by atoms with E-state index in [2.05, 4.69) is 34.5 Å². The smallest absolute Gasteiger partial charge is 0.261 e. The lowest BCUT2D eigenvalue weighted by molar-refractivity contribution is 0.102. The van der Waals surface area contributed by atoms with Crippen LogP contribution in [0.2, 0.25) is 0 Å². The molecule has 1 N–H and O–H groups in total. The van der Waals surface area contributed by atoms with Gasteiger partial charge in [-0.1, -0.05) is 6.92 Å². The van der Waals surface area contributed by atoms with Crippen LogP contribution in [0, 0.1) is 0 Å². The Morgan fingerprint density at radius 3 is 2.96 bits per heavy atom. The van der Waals surface area contributed by atoms with Crippen LogP contribution in [0.5, 0.6) is 0 Å². The number of carbonyl (C=O) groups excluding carboxylic acids is 1. The molecule has 2 aliphatic rings. The Hall–Kier alpha value is -2.18. The van der Waals surface area contributed by atoms with E-state index in [1.54, 1.807) is 6.20 Å². The van der Waals surface area contributed by atoms with Crippen LogP contribution in [0.15, 0.2) is 6.20 Å². The van der Waals surface area contributed by atoms with E-state index in [9.17, 15) is 4.79 Å². The van der Waals surface area contributed by atoms with Crippen molar-refractivity contribution >= 4 is 11.9 Å². The summed E-state index contributed by atoms with van der Waals surface area (Å²) in [7, 11) is 0. The van der Waals surface area contributed by atoms with Gasteiger partial charge in [-0.05, 0) is 39.0 Å². The Morgan fingerprint density at radius 1 is 1.38 bits per heavy atom. The summed E-state index contributed by atoms with van der Waals surface area (Å²) in [5, 5.41) is 15.8. The van der Waals surface area contributed by atoms with Crippen molar-refractivity contribution in [1.82, 2.24) is 24.5 Å². The quantitative estimate of drug-likeness (QED) is 0.915. The number of fused-ring (bicyclic) bond motifs is 1. The van der Waals surface area contributed by atoms with E-state index in [0.717, 1.165) is 56.6 Å². The van der Waals surface area contributed by atoms with Crippen molar-refractivity contribution < 1.29 is 4.79 Å². The van der Waals surface area contributed by atoms with E-state index in [1.165, 1.54) is 0 Å². The van der Waals surface area contributed by atoms with Crippen molar-refractivity contribution in [2.45, 2.75) is 70.9 Å². The first-order valence-electron chi connectivity index (χ1n) is 8.99. The molecular formula is C17H24N6O. The maximum Gasteiger partial charge on any atom is 0.261 e. The highest BCUT2D eigenvalue weighted by molar-refractivity contribution is 6.04. The highest BCUT2D eigenvalue weighted by atomic mass is 16.1. The minimum atomic E-state index is -0.118. The number of carbonyl (C=O) groups is 1. The van der Waals surface area contributed by atoms with Crippen LogP contribution in [0.1, 0.15) is 79.8 Å². The summed E-state index contributed by atoms with van der Waals surface area (Å²) in [6.07, 6.45) is 8.17. The monoisotopic (exact) mass is 328 g/mol. The molecule has 7 nitrogen and oxygen atoms in total. The summed E-state index contributed by atoms with van der Waals surface area (Å²) >= 11 is 0. The Labute approximate surface area is 141 Å². The van der Waals surface area contributed by atoms with Gasteiger partial charge in [-0.15, -0.1) is 10.2 Å². The maximum atomic E-state index is 12.8. The first kappa shape index (κ1) is 15.4. The largest absolute Gasteiger partial charge is 0.297 e. The second-order valence-electron chi connectivity index (χ2n) is 6.92. The highest BCUT2D eigenvalue weighted by Crippen LogP contribution is 2.42. The normalized spacial score (nSPS) is 18.2. The van der Waals surface area contributed by atoms with E-state index >= 15 is 0 Å². The number of rotatable bonds is 5. The second kappa shape index (κ2) is 6.03. The fraction of sp³-hybridized carbons (Fsp3) is 0.647. The number of aromatic nitrogens is 5. The number of anilines is 1. The van der Waals surface area contributed by atoms with E-state index < -0.39 is 0 Å². The molecule has 128 valence electrons. The average Bonchev–Trinajstić information content (AvgIpc) is 3.22. The van der Waals surface area contributed by atoms with Gasteiger partial charge in [0.25, 0.3) is 5.91 Å². The molecule has 7 heteroatoms. The fourth-order valence-electron chi connectivity index (χ4n) is 3.40. The zero-order valence-corrected chi connectivity index (χ0v) is 14.3. The van der Waals surface area contributed by atoms with Crippen LogP contribution in [-0.4, -0.2) is 30.5 Å². The SMILES string of the molecule is CCC(C)n1ncc(C(=O)Nc2nnc3n2CCCC3)c1C1CC1. The average molecular weight is 328 g/mol. The number of aryl methyl sites for hydroxylation is 1. The molecule has 1 fully saturated rings. The van der Waals surface area contributed by atoms with Gasteiger partial charge >= 0.3 is 0 Å². The summed E-state index contributed by atoms with van der Waals surface area (Å²) < 4.78 is 4.06. The summed E-state index contributed by atoms with van der Waals surface area (Å²) in [6.45, 7) is 5.17. The summed E-state index contributed by atoms with van der Waals surface area (Å²) in [6, 6.07) is 0.308. The van der Waals surface area contributed by atoms with Crippen LogP contribution in [-0.2, 0) is 13.0 Å².